The Kier molecular flexibility index (Phi) is 4.80. The Bertz CT molecular complexity index is 1210. The molecule has 3 heterocycles. The first-order valence-electron chi connectivity index (χ1n) is 8.65. The lowest BCUT2D eigenvalue weighted by atomic mass is 10.2. The van der Waals surface area contributed by atoms with Crippen molar-refractivity contribution in [1.29, 1.82) is 0 Å². The summed E-state index contributed by atoms with van der Waals surface area (Å²) < 4.78 is 4.33. The number of fused-ring (bicyclic) bond motifs is 1. The standard InChI is InChI=1S/C19H15N7S3/c20-16-15(18-23-13-3-1-2-4-14(13)28-18)17(25-24-16)22-11-5-7-12(8-6-11)29-26-19-21-9-10-27-19/h1-10H,(H,21,26)(H4,20,22,24,25). The first kappa shape index (κ1) is 18.0. The molecule has 0 radical (unpaired) electrons. The van der Waals surface area contributed by atoms with E-state index in [1.807, 2.05) is 47.8 Å². The number of benzene rings is 2. The maximum Gasteiger partial charge on any atom is 0.192 e. The van der Waals surface area contributed by atoms with Crippen molar-refractivity contribution in [3.05, 3.63) is 60.1 Å². The van der Waals surface area contributed by atoms with E-state index in [0.717, 1.165) is 36.5 Å². The van der Waals surface area contributed by atoms with Crippen LogP contribution in [0.4, 0.5) is 22.5 Å². The third-order valence-electron chi connectivity index (χ3n) is 4.11. The van der Waals surface area contributed by atoms with Crippen LogP contribution in [0.1, 0.15) is 0 Å². The van der Waals surface area contributed by atoms with Crippen LogP contribution in [0.5, 0.6) is 0 Å². The average Bonchev–Trinajstić information content (AvgIpc) is 3.47. The largest absolute Gasteiger partial charge is 0.383 e. The molecule has 0 aliphatic rings. The molecular formula is C19H15N7S3. The maximum absolute atomic E-state index is 6.15. The highest BCUT2D eigenvalue weighted by Crippen LogP contribution is 2.38. The molecular weight excluding hydrogens is 422 g/mol. The number of anilines is 4. The fourth-order valence-electron chi connectivity index (χ4n) is 2.76. The minimum absolute atomic E-state index is 0.492. The monoisotopic (exact) mass is 437 g/mol. The summed E-state index contributed by atoms with van der Waals surface area (Å²) in [4.78, 5) is 9.99. The molecule has 0 saturated carbocycles. The molecule has 144 valence electrons. The zero-order valence-electron chi connectivity index (χ0n) is 14.9. The number of para-hydroxylation sites is 1. The Morgan fingerprint density at radius 1 is 1.07 bits per heavy atom. The number of aromatic amines is 1. The van der Waals surface area contributed by atoms with Crippen LogP contribution in [0.2, 0.25) is 0 Å². The summed E-state index contributed by atoms with van der Waals surface area (Å²) in [5.41, 5.74) is 8.80. The molecule has 0 aliphatic carbocycles. The van der Waals surface area contributed by atoms with Crippen molar-refractivity contribution in [2.75, 3.05) is 15.8 Å². The van der Waals surface area contributed by atoms with E-state index < -0.39 is 0 Å². The highest BCUT2D eigenvalue weighted by Gasteiger charge is 2.17. The number of nitrogen functional groups attached to an aromatic ring is 1. The van der Waals surface area contributed by atoms with Crippen molar-refractivity contribution in [2.45, 2.75) is 4.90 Å². The summed E-state index contributed by atoms with van der Waals surface area (Å²) in [5, 5.41) is 14.2. The van der Waals surface area contributed by atoms with Gasteiger partial charge in [-0.05, 0) is 48.3 Å². The van der Waals surface area contributed by atoms with E-state index >= 15 is 0 Å². The summed E-state index contributed by atoms with van der Waals surface area (Å²) >= 11 is 4.68. The summed E-state index contributed by atoms with van der Waals surface area (Å²) in [6.07, 6.45) is 1.78. The highest BCUT2D eigenvalue weighted by atomic mass is 32.2. The van der Waals surface area contributed by atoms with Gasteiger partial charge in [-0.1, -0.05) is 12.1 Å². The number of rotatable bonds is 6. The molecule has 0 fully saturated rings. The molecule has 0 bridgehead atoms. The fraction of sp³-hybridized carbons (Fsp3) is 0. The van der Waals surface area contributed by atoms with E-state index in [2.05, 4.69) is 31.3 Å². The number of hydrogen-bond acceptors (Lipinski definition) is 9. The number of hydrogen-bond donors (Lipinski definition) is 4. The van der Waals surface area contributed by atoms with Gasteiger partial charge in [0.15, 0.2) is 10.9 Å². The van der Waals surface area contributed by atoms with Gasteiger partial charge < -0.3 is 15.8 Å². The third kappa shape index (κ3) is 3.77. The molecule has 0 amide bonds. The van der Waals surface area contributed by atoms with Gasteiger partial charge in [0, 0.05) is 22.2 Å². The molecule has 0 aliphatic heterocycles. The van der Waals surface area contributed by atoms with E-state index in [-0.39, 0.29) is 0 Å². The van der Waals surface area contributed by atoms with Gasteiger partial charge in [-0.3, -0.25) is 5.10 Å². The lowest BCUT2D eigenvalue weighted by Gasteiger charge is -2.07. The molecule has 10 heteroatoms. The van der Waals surface area contributed by atoms with Gasteiger partial charge in [-0.2, -0.15) is 5.10 Å². The summed E-state index contributed by atoms with van der Waals surface area (Å²) in [6, 6.07) is 16.1. The quantitative estimate of drug-likeness (QED) is 0.257. The third-order valence-corrected chi connectivity index (χ3v) is 6.78. The van der Waals surface area contributed by atoms with Gasteiger partial charge in [0.1, 0.15) is 10.8 Å². The van der Waals surface area contributed by atoms with E-state index in [4.69, 9.17) is 10.7 Å². The molecule has 2 aromatic carbocycles. The highest BCUT2D eigenvalue weighted by molar-refractivity contribution is 8.00. The lowest BCUT2D eigenvalue weighted by Crippen LogP contribution is -1.94. The first-order chi connectivity index (χ1) is 14.3. The molecule has 3 aromatic heterocycles. The zero-order valence-corrected chi connectivity index (χ0v) is 17.4. The van der Waals surface area contributed by atoms with Crippen molar-refractivity contribution in [3.8, 4) is 10.6 Å². The lowest BCUT2D eigenvalue weighted by molar-refractivity contribution is 1.10. The minimum atomic E-state index is 0.492. The van der Waals surface area contributed by atoms with Crippen LogP contribution in [0.15, 0.2) is 65.0 Å². The number of H-pyrrole nitrogens is 1. The van der Waals surface area contributed by atoms with Crippen LogP contribution in [-0.4, -0.2) is 20.2 Å². The first-order valence-corrected chi connectivity index (χ1v) is 11.2. The number of thiazole rings is 2. The smallest absolute Gasteiger partial charge is 0.192 e. The van der Waals surface area contributed by atoms with E-state index in [1.165, 1.54) is 11.9 Å². The van der Waals surface area contributed by atoms with Crippen LogP contribution in [0, 0.1) is 0 Å². The van der Waals surface area contributed by atoms with Gasteiger partial charge in [-0.25, -0.2) is 9.97 Å². The second-order valence-corrected chi connectivity index (χ2v) is 8.84. The van der Waals surface area contributed by atoms with E-state index in [1.54, 1.807) is 28.9 Å². The molecule has 5 N–H and O–H groups in total. The van der Waals surface area contributed by atoms with Crippen molar-refractivity contribution in [1.82, 2.24) is 20.2 Å². The zero-order chi connectivity index (χ0) is 19.6. The fourth-order valence-corrected chi connectivity index (χ4v) is 5.01. The number of nitrogens with zero attached hydrogens (tertiary/aromatic N) is 3. The molecule has 0 saturated heterocycles. The molecule has 0 atom stereocenters. The van der Waals surface area contributed by atoms with Gasteiger partial charge in [-0.15, -0.1) is 22.7 Å². The van der Waals surface area contributed by atoms with E-state index in [0.29, 0.717) is 11.6 Å². The molecule has 5 aromatic rings. The molecule has 5 rings (SSSR count). The van der Waals surface area contributed by atoms with Gasteiger partial charge in [0.25, 0.3) is 0 Å². The van der Waals surface area contributed by atoms with Crippen molar-refractivity contribution >= 4 is 67.3 Å². The van der Waals surface area contributed by atoms with Crippen molar-refractivity contribution < 1.29 is 0 Å². The summed E-state index contributed by atoms with van der Waals surface area (Å²) in [7, 11) is 0. The molecule has 29 heavy (non-hydrogen) atoms. The maximum atomic E-state index is 6.15. The Morgan fingerprint density at radius 2 is 1.93 bits per heavy atom. The Labute approximate surface area is 178 Å². The summed E-state index contributed by atoms with van der Waals surface area (Å²) in [6.45, 7) is 0. The Morgan fingerprint density at radius 3 is 2.72 bits per heavy atom. The SMILES string of the molecule is Nc1[nH]nc(Nc2ccc(SNc3nccs3)cc2)c1-c1nc2ccccc2s1. The van der Waals surface area contributed by atoms with Gasteiger partial charge in [0.2, 0.25) is 0 Å². The molecule has 0 spiro atoms. The van der Waals surface area contributed by atoms with Crippen LogP contribution >= 0.6 is 34.6 Å². The second kappa shape index (κ2) is 7.74. The normalized spacial score (nSPS) is 11.0. The number of nitrogens with two attached hydrogens (primary N) is 1. The van der Waals surface area contributed by atoms with Crippen molar-refractivity contribution in [2.24, 2.45) is 0 Å². The number of nitrogens with one attached hydrogen (secondary N) is 3. The predicted molar refractivity (Wildman–Crippen MR) is 123 cm³/mol. The van der Waals surface area contributed by atoms with Crippen LogP contribution in [-0.2, 0) is 0 Å². The van der Waals surface area contributed by atoms with Crippen LogP contribution in [0.25, 0.3) is 20.8 Å². The molecule has 7 nitrogen and oxygen atoms in total. The summed E-state index contributed by atoms with van der Waals surface area (Å²) in [5.74, 6) is 1.15. The Hall–Kier alpha value is -3.08. The Balaban J connectivity index is 1.35. The minimum Gasteiger partial charge on any atom is -0.383 e. The van der Waals surface area contributed by atoms with Gasteiger partial charge >= 0.3 is 0 Å². The average molecular weight is 438 g/mol. The van der Waals surface area contributed by atoms with Gasteiger partial charge in [0.05, 0.1) is 15.8 Å². The van der Waals surface area contributed by atoms with Crippen molar-refractivity contribution in [3.63, 3.8) is 0 Å². The molecule has 0 unspecified atom stereocenters. The van der Waals surface area contributed by atoms with E-state index in [9.17, 15) is 0 Å². The van der Waals surface area contributed by atoms with Crippen LogP contribution < -0.4 is 15.8 Å². The van der Waals surface area contributed by atoms with Crippen LogP contribution in [0.3, 0.4) is 0 Å². The number of aromatic nitrogens is 4. The second-order valence-electron chi connectivity index (χ2n) is 6.04. The topological polar surface area (TPSA) is 105 Å². The predicted octanol–water partition coefficient (Wildman–Crippen LogP) is 5.59.